The highest BCUT2D eigenvalue weighted by Crippen LogP contribution is 2.30. The molecule has 7 nitrogen and oxygen atoms in total. The van der Waals surface area contributed by atoms with Crippen LogP contribution in [0.1, 0.15) is 18.4 Å². The van der Waals surface area contributed by atoms with E-state index in [0.29, 0.717) is 29.5 Å². The van der Waals surface area contributed by atoms with Crippen LogP contribution in [-0.2, 0) is 6.61 Å². The van der Waals surface area contributed by atoms with Crippen LogP contribution in [-0.4, -0.2) is 35.2 Å². The number of nitrogens with one attached hydrogen (secondary N) is 1. The van der Waals surface area contributed by atoms with Crippen molar-refractivity contribution in [3.63, 3.8) is 0 Å². The number of hydrogen-bond donors (Lipinski definition) is 3. The molecule has 0 radical (unpaired) electrons. The average molecular weight is 439 g/mol. The molecule has 1 fully saturated rings. The van der Waals surface area contributed by atoms with Gasteiger partial charge in [-0.1, -0.05) is 12.1 Å². The van der Waals surface area contributed by atoms with Crippen molar-refractivity contribution in [1.29, 1.82) is 0 Å². The van der Waals surface area contributed by atoms with Gasteiger partial charge in [0.2, 0.25) is 0 Å². The Labute approximate surface area is 185 Å². The highest BCUT2D eigenvalue weighted by atomic mass is 19.1. The van der Waals surface area contributed by atoms with E-state index in [1.807, 2.05) is 0 Å². The molecule has 2 heterocycles. The molecule has 2 aromatic carbocycles. The van der Waals surface area contributed by atoms with Crippen molar-refractivity contribution in [2.75, 3.05) is 13.1 Å². The SMILES string of the molecule is NC1=C(Oc2ccc(OCc3cccc(F)c3)cc2)C=CN(C(=O)O)C1C1CCCNC1. The number of carbonyl (C=O) groups is 1. The number of amides is 1. The fourth-order valence-electron chi connectivity index (χ4n) is 4.06. The average Bonchev–Trinajstić information content (AvgIpc) is 2.80. The Kier molecular flexibility index (Phi) is 6.61. The summed E-state index contributed by atoms with van der Waals surface area (Å²) >= 11 is 0. The number of piperidine rings is 1. The van der Waals surface area contributed by atoms with E-state index in [1.165, 1.54) is 23.2 Å². The Bertz CT molecular complexity index is 1020. The van der Waals surface area contributed by atoms with E-state index in [2.05, 4.69) is 5.32 Å². The van der Waals surface area contributed by atoms with Crippen LogP contribution in [0.2, 0.25) is 0 Å². The third kappa shape index (κ3) is 5.03. The lowest BCUT2D eigenvalue weighted by Gasteiger charge is -2.38. The van der Waals surface area contributed by atoms with E-state index in [4.69, 9.17) is 15.2 Å². The van der Waals surface area contributed by atoms with Crippen LogP contribution in [0.3, 0.4) is 0 Å². The van der Waals surface area contributed by atoms with Gasteiger partial charge in [0, 0.05) is 12.7 Å². The zero-order chi connectivity index (χ0) is 22.5. The molecule has 2 unspecified atom stereocenters. The summed E-state index contributed by atoms with van der Waals surface area (Å²) in [7, 11) is 0. The third-order valence-electron chi connectivity index (χ3n) is 5.64. The van der Waals surface area contributed by atoms with Crippen LogP contribution < -0.4 is 20.5 Å². The molecule has 4 rings (SSSR count). The van der Waals surface area contributed by atoms with Gasteiger partial charge in [-0.2, -0.15) is 0 Å². The van der Waals surface area contributed by atoms with Gasteiger partial charge >= 0.3 is 6.09 Å². The normalized spacial score (nSPS) is 20.8. The first-order valence-electron chi connectivity index (χ1n) is 10.6. The summed E-state index contributed by atoms with van der Waals surface area (Å²) in [4.78, 5) is 13.0. The van der Waals surface area contributed by atoms with Crippen molar-refractivity contribution in [1.82, 2.24) is 10.2 Å². The van der Waals surface area contributed by atoms with Crippen LogP contribution in [0.25, 0.3) is 0 Å². The number of ether oxygens (including phenoxy) is 2. The monoisotopic (exact) mass is 439 g/mol. The Morgan fingerprint density at radius 2 is 2.00 bits per heavy atom. The second-order valence-electron chi connectivity index (χ2n) is 7.87. The Morgan fingerprint density at radius 1 is 1.22 bits per heavy atom. The van der Waals surface area contributed by atoms with Gasteiger partial charge in [-0.15, -0.1) is 0 Å². The summed E-state index contributed by atoms with van der Waals surface area (Å²) in [6, 6.07) is 12.8. The zero-order valence-corrected chi connectivity index (χ0v) is 17.5. The second-order valence-corrected chi connectivity index (χ2v) is 7.87. The quantitative estimate of drug-likeness (QED) is 0.633. The fourth-order valence-corrected chi connectivity index (χ4v) is 4.06. The van der Waals surface area contributed by atoms with Crippen molar-refractivity contribution in [2.24, 2.45) is 11.7 Å². The Morgan fingerprint density at radius 3 is 2.69 bits per heavy atom. The van der Waals surface area contributed by atoms with Crippen molar-refractivity contribution in [3.05, 3.63) is 83.6 Å². The van der Waals surface area contributed by atoms with Crippen LogP contribution in [0.4, 0.5) is 9.18 Å². The molecule has 4 N–H and O–H groups in total. The molecule has 0 saturated carbocycles. The Hall–Kier alpha value is -3.52. The van der Waals surface area contributed by atoms with E-state index in [1.54, 1.807) is 42.5 Å². The van der Waals surface area contributed by atoms with E-state index in [9.17, 15) is 14.3 Å². The Balaban J connectivity index is 1.44. The number of benzene rings is 2. The highest BCUT2D eigenvalue weighted by Gasteiger charge is 2.36. The summed E-state index contributed by atoms with van der Waals surface area (Å²) in [5.41, 5.74) is 7.54. The lowest BCUT2D eigenvalue weighted by atomic mass is 9.87. The topological polar surface area (TPSA) is 97.1 Å². The molecule has 1 amide bonds. The molecular weight excluding hydrogens is 413 g/mol. The summed E-state index contributed by atoms with van der Waals surface area (Å²) in [5, 5.41) is 12.9. The number of halogens is 1. The van der Waals surface area contributed by atoms with E-state index in [-0.39, 0.29) is 18.3 Å². The van der Waals surface area contributed by atoms with Crippen LogP contribution in [0, 0.1) is 11.7 Å². The maximum absolute atomic E-state index is 13.3. The van der Waals surface area contributed by atoms with Gasteiger partial charge in [0.05, 0.1) is 11.7 Å². The van der Waals surface area contributed by atoms with Crippen molar-refractivity contribution in [3.8, 4) is 11.5 Å². The number of hydrogen-bond acceptors (Lipinski definition) is 5. The smallest absolute Gasteiger partial charge is 0.411 e. The van der Waals surface area contributed by atoms with Crippen molar-refractivity contribution >= 4 is 6.09 Å². The molecule has 0 spiro atoms. The minimum absolute atomic E-state index is 0.0713. The molecule has 2 aromatic rings. The van der Waals surface area contributed by atoms with Crippen LogP contribution in [0.15, 0.2) is 72.3 Å². The fraction of sp³-hybridized carbons (Fsp3) is 0.292. The van der Waals surface area contributed by atoms with E-state index >= 15 is 0 Å². The van der Waals surface area contributed by atoms with Gasteiger partial charge in [-0.05, 0) is 73.3 Å². The van der Waals surface area contributed by atoms with Gasteiger partial charge in [-0.25, -0.2) is 9.18 Å². The van der Waals surface area contributed by atoms with E-state index < -0.39 is 12.1 Å². The molecule has 32 heavy (non-hydrogen) atoms. The predicted molar refractivity (Wildman–Crippen MR) is 117 cm³/mol. The largest absolute Gasteiger partial charge is 0.489 e. The molecule has 2 aliphatic heterocycles. The second kappa shape index (κ2) is 9.74. The zero-order valence-electron chi connectivity index (χ0n) is 17.5. The molecular formula is C24H26FN3O4. The predicted octanol–water partition coefficient (Wildman–Crippen LogP) is 3.83. The minimum atomic E-state index is -1.04. The standard InChI is InChI=1S/C24H26FN3O4/c25-18-5-1-3-16(13-18)15-31-19-6-8-20(9-7-19)32-21-10-12-28(24(29)30)23(22(21)26)17-4-2-11-27-14-17/h1,3,5-10,12-13,17,23,27H,2,4,11,14-15,26H2,(H,29,30). The van der Waals surface area contributed by atoms with Gasteiger partial charge in [0.25, 0.3) is 0 Å². The molecule has 168 valence electrons. The molecule has 2 aliphatic rings. The number of nitrogens with zero attached hydrogens (tertiary/aromatic N) is 1. The molecule has 0 bridgehead atoms. The molecule has 1 saturated heterocycles. The van der Waals surface area contributed by atoms with Gasteiger partial charge in [0.15, 0.2) is 0 Å². The van der Waals surface area contributed by atoms with Crippen molar-refractivity contribution in [2.45, 2.75) is 25.5 Å². The lowest BCUT2D eigenvalue weighted by Crippen LogP contribution is -2.50. The van der Waals surface area contributed by atoms with Gasteiger partial charge in [-0.3, -0.25) is 4.90 Å². The highest BCUT2D eigenvalue weighted by molar-refractivity contribution is 5.68. The third-order valence-corrected chi connectivity index (χ3v) is 5.64. The molecule has 8 heteroatoms. The van der Waals surface area contributed by atoms with E-state index in [0.717, 1.165) is 24.9 Å². The maximum atomic E-state index is 13.3. The molecule has 0 aliphatic carbocycles. The number of rotatable bonds is 6. The summed E-state index contributed by atoms with van der Waals surface area (Å²) in [5.74, 6) is 1.37. The maximum Gasteiger partial charge on any atom is 0.411 e. The number of nitrogens with two attached hydrogens (primary N) is 1. The number of carboxylic acid groups (broad SMARTS) is 1. The summed E-state index contributed by atoms with van der Waals surface area (Å²) in [6.07, 6.45) is 3.90. The number of allylic oxidation sites excluding steroid dienone is 1. The summed E-state index contributed by atoms with van der Waals surface area (Å²) in [6.45, 7) is 1.88. The molecule has 0 aromatic heterocycles. The lowest BCUT2D eigenvalue weighted by molar-refractivity contribution is 0.130. The first-order valence-corrected chi connectivity index (χ1v) is 10.6. The van der Waals surface area contributed by atoms with Gasteiger partial charge < -0.3 is 25.6 Å². The first kappa shape index (κ1) is 21.7. The van der Waals surface area contributed by atoms with Gasteiger partial charge in [0.1, 0.15) is 29.7 Å². The minimum Gasteiger partial charge on any atom is -0.489 e. The van der Waals surface area contributed by atoms with Crippen molar-refractivity contribution < 1.29 is 23.8 Å². The first-order chi connectivity index (χ1) is 15.5. The summed E-state index contributed by atoms with van der Waals surface area (Å²) < 4.78 is 25.0. The molecule has 2 atom stereocenters. The van der Waals surface area contributed by atoms with Crippen LogP contribution >= 0.6 is 0 Å². The van der Waals surface area contributed by atoms with Crippen LogP contribution in [0.5, 0.6) is 11.5 Å².